The van der Waals surface area contributed by atoms with Crippen LogP contribution in [0.2, 0.25) is 0 Å². The standard InChI is InChI=1S/C5H10N2OS2/c1-4(3-9)10-5(2-6)7-8/h2,7-9H,1,3,6H2/b5-2-. The molecule has 0 aromatic carbocycles. The highest BCUT2D eigenvalue weighted by Gasteiger charge is 1.96. The van der Waals surface area contributed by atoms with Crippen molar-refractivity contribution in [2.24, 2.45) is 5.73 Å². The highest BCUT2D eigenvalue weighted by Crippen LogP contribution is 2.20. The van der Waals surface area contributed by atoms with Crippen LogP contribution in [0.4, 0.5) is 0 Å². The molecule has 0 saturated carbocycles. The van der Waals surface area contributed by atoms with Crippen LogP contribution >= 0.6 is 24.4 Å². The topological polar surface area (TPSA) is 58.3 Å². The first-order valence-electron chi connectivity index (χ1n) is 2.53. The predicted molar refractivity (Wildman–Crippen MR) is 47.8 cm³/mol. The molecule has 0 aromatic heterocycles. The van der Waals surface area contributed by atoms with Crippen molar-refractivity contribution in [3.05, 3.63) is 22.7 Å². The van der Waals surface area contributed by atoms with Gasteiger partial charge >= 0.3 is 0 Å². The average Bonchev–Trinajstić information content (AvgIpc) is 1.99. The maximum absolute atomic E-state index is 8.39. The minimum atomic E-state index is 0.457. The zero-order valence-electron chi connectivity index (χ0n) is 5.37. The molecule has 0 amide bonds. The van der Waals surface area contributed by atoms with Gasteiger partial charge in [0.15, 0.2) is 0 Å². The molecule has 0 aliphatic heterocycles. The lowest BCUT2D eigenvalue weighted by Gasteiger charge is -2.03. The first-order valence-corrected chi connectivity index (χ1v) is 3.98. The molecule has 0 heterocycles. The molecular weight excluding hydrogens is 168 g/mol. The van der Waals surface area contributed by atoms with Crippen LogP contribution in [0.3, 0.4) is 0 Å². The molecule has 0 atom stereocenters. The Kier molecular flexibility index (Phi) is 5.38. The van der Waals surface area contributed by atoms with Crippen molar-refractivity contribution in [1.29, 1.82) is 0 Å². The molecule has 0 aliphatic carbocycles. The minimum Gasteiger partial charge on any atom is -0.402 e. The number of nitrogens with two attached hydrogens (primary N) is 1. The Labute approximate surface area is 69.7 Å². The second-order valence-electron chi connectivity index (χ2n) is 1.44. The van der Waals surface area contributed by atoms with E-state index in [1.54, 1.807) is 0 Å². The van der Waals surface area contributed by atoms with E-state index in [1.807, 2.05) is 5.48 Å². The number of thiol groups is 1. The van der Waals surface area contributed by atoms with Crippen LogP contribution in [0.15, 0.2) is 22.7 Å². The van der Waals surface area contributed by atoms with E-state index in [0.29, 0.717) is 10.8 Å². The maximum atomic E-state index is 8.39. The van der Waals surface area contributed by atoms with E-state index in [-0.39, 0.29) is 0 Å². The molecular formula is C5H10N2OS2. The number of hydroxylamine groups is 1. The molecule has 0 aromatic rings. The largest absolute Gasteiger partial charge is 0.402 e. The lowest BCUT2D eigenvalue weighted by Crippen LogP contribution is -2.05. The molecule has 3 nitrogen and oxygen atoms in total. The van der Waals surface area contributed by atoms with Gasteiger partial charge in [-0.2, -0.15) is 12.6 Å². The lowest BCUT2D eigenvalue weighted by molar-refractivity contribution is 0.210. The predicted octanol–water partition coefficient (Wildman–Crippen LogP) is 0.900. The first-order chi connectivity index (χ1) is 4.74. The molecule has 0 saturated heterocycles. The van der Waals surface area contributed by atoms with E-state index in [0.717, 1.165) is 4.91 Å². The van der Waals surface area contributed by atoms with Gasteiger partial charge < -0.3 is 5.73 Å². The highest BCUT2D eigenvalue weighted by molar-refractivity contribution is 8.07. The first kappa shape index (κ1) is 9.74. The van der Waals surface area contributed by atoms with Crippen LogP contribution < -0.4 is 11.2 Å². The third-order valence-corrected chi connectivity index (χ3v) is 2.17. The molecule has 4 N–H and O–H groups in total. The van der Waals surface area contributed by atoms with Gasteiger partial charge in [0, 0.05) is 12.0 Å². The molecule has 0 rings (SSSR count). The van der Waals surface area contributed by atoms with Crippen LogP contribution in [0.5, 0.6) is 0 Å². The molecule has 0 spiro atoms. The van der Waals surface area contributed by atoms with Crippen molar-refractivity contribution >= 4 is 24.4 Å². The van der Waals surface area contributed by atoms with Gasteiger partial charge in [-0.05, 0) is 4.91 Å². The molecule has 0 unspecified atom stereocenters. The van der Waals surface area contributed by atoms with Crippen LogP contribution in [-0.4, -0.2) is 11.0 Å². The van der Waals surface area contributed by atoms with Crippen molar-refractivity contribution in [2.45, 2.75) is 0 Å². The van der Waals surface area contributed by atoms with Gasteiger partial charge in [-0.1, -0.05) is 18.3 Å². The lowest BCUT2D eigenvalue weighted by atomic mass is 10.7. The third-order valence-electron chi connectivity index (χ3n) is 0.692. The van der Waals surface area contributed by atoms with Crippen molar-refractivity contribution in [2.75, 3.05) is 5.75 Å². The zero-order valence-corrected chi connectivity index (χ0v) is 7.08. The summed E-state index contributed by atoms with van der Waals surface area (Å²) in [5.74, 6) is 0.559. The van der Waals surface area contributed by atoms with Crippen LogP contribution in [-0.2, 0) is 0 Å². The zero-order chi connectivity index (χ0) is 7.98. The van der Waals surface area contributed by atoms with Crippen LogP contribution in [0.25, 0.3) is 0 Å². The van der Waals surface area contributed by atoms with Gasteiger partial charge in [0.25, 0.3) is 0 Å². The second kappa shape index (κ2) is 5.52. The second-order valence-corrected chi connectivity index (χ2v) is 2.98. The summed E-state index contributed by atoms with van der Waals surface area (Å²) in [4.78, 5) is 0.821. The quantitative estimate of drug-likeness (QED) is 0.381. The van der Waals surface area contributed by atoms with E-state index in [4.69, 9.17) is 10.9 Å². The van der Waals surface area contributed by atoms with Gasteiger partial charge in [0.1, 0.15) is 5.03 Å². The van der Waals surface area contributed by atoms with E-state index in [9.17, 15) is 0 Å². The molecule has 0 aliphatic rings. The number of thioether (sulfide) groups is 1. The summed E-state index contributed by atoms with van der Waals surface area (Å²) in [5, 5.41) is 8.84. The van der Waals surface area contributed by atoms with Crippen molar-refractivity contribution in [3.63, 3.8) is 0 Å². The molecule has 0 fully saturated rings. The molecule has 0 radical (unpaired) electrons. The Morgan fingerprint density at radius 3 is 2.80 bits per heavy atom. The molecule has 5 heteroatoms. The molecule has 0 bridgehead atoms. The SMILES string of the molecule is C=C(CS)S/C(=C\N)NO. The summed E-state index contributed by atoms with van der Waals surface area (Å²) >= 11 is 5.22. The molecule has 10 heavy (non-hydrogen) atoms. The number of nitrogens with one attached hydrogen (secondary N) is 1. The van der Waals surface area contributed by atoms with E-state index < -0.39 is 0 Å². The van der Waals surface area contributed by atoms with Crippen molar-refractivity contribution < 1.29 is 5.21 Å². The van der Waals surface area contributed by atoms with Crippen molar-refractivity contribution in [1.82, 2.24) is 5.48 Å². The van der Waals surface area contributed by atoms with E-state index in [2.05, 4.69) is 19.2 Å². The smallest absolute Gasteiger partial charge is 0.113 e. The summed E-state index contributed by atoms with van der Waals surface area (Å²) in [6, 6.07) is 0. The van der Waals surface area contributed by atoms with Gasteiger partial charge in [-0.3, -0.25) is 10.7 Å². The van der Waals surface area contributed by atoms with E-state index in [1.165, 1.54) is 18.0 Å². The summed E-state index contributed by atoms with van der Waals surface area (Å²) in [6.45, 7) is 3.65. The normalized spacial score (nSPS) is 11.2. The Hall–Kier alpha value is -0.260. The van der Waals surface area contributed by atoms with Gasteiger partial charge in [-0.25, -0.2) is 0 Å². The Morgan fingerprint density at radius 1 is 1.90 bits per heavy atom. The summed E-state index contributed by atoms with van der Waals surface area (Å²) in [5.41, 5.74) is 7.04. The Morgan fingerprint density at radius 2 is 2.50 bits per heavy atom. The number of rotatable bonds is 4. The van der Waals surface area contributed by atoms with E-state index >= 15 is 0 Å². The average molecular weight is 178 g/mol. The monoisotopic (exact) mass is 178 g/mol. The fourth-order valence-electron chi connectivity index (χ4n) is 0.282. The highest BCUT2D eigenvalue weighted by atomic mass is 32.2. The summed E-state index contributed by atoms with van der Waals surface area (Å²) in [7, 11) is 0. The van der Waals surface area contributed by atoms with Gasteiger partial charge in [-0.15, -0.1) is 0 Å². The fourth-order valence-corrected chi connectivity index (χ4v) is 0.965. The van der Waals surface area contributed by atoms with Crippen molar-refractivity contribution in [3.8, 4) is 0 Å². The summed E-state index contributed by atoms with van der Waals surface area (Å²) in [6.07, 6.45) is 1.26. The fraction of sp³-hybridized carbons (Fsp3) is 0.200. The summed E-state index contributed by atoms with van der Waals surface area (Å²) < 4.78 is 0. The van der Waals surface area contributed by atoms with Gasteiger partial charge in [0.2, 0.25) is 0 Å². The van der Waals surface area contributed by atoms with Crippen LogP contribution in [0.1, 0.15) is 0 Å². The Bertz CT molecular complexity index is 147. The van der Waals surface area contributed by atoms with Crippen LogP contribution in [0, 0.1) is 0 Å². The minimum absolute atomic E-state index is 0.457. The maximum Gasteiger partial charge on any atom is 0.113 e. The Balaban J connectivity index is 3.76. The number of hydrogen-bond acceptors (Lipinski definition) is 5. The number of hydrogen-bond donors (Lipinski definition) is 4. The third kappa shape index (κ3) is 3.71. The van der Waals surface area contributed by atoms with Gasteiger partial charge in [0.05, 0.1) is 0 Å². The molecule has 58 valence electrons.